The van der Waals surface area contributed by atoms with Gasteiger partial charge in [-0.1, -0.05) is 0 Å². The van der Waals surface area contributed by atoms with Crippen molar-refractivity contribution in [2.45, 2.75) is 70.6 Å². The molecule has 1 saturated heterocycles. The lowest BCUT2D eigenvalue weighted by atomic mass is 9.98. The highest BCUT2D eigenvalue weighted by Gasteiger charge is 2.40. The van der Waals surface area contributed by atoms with Gasteiger partial charge < -0.3 is 24.4 Å². The van der Waals surface area contributed by atoms with Crippen molar-refractivity contribution in [3.8, 4) is 0 Å². The van der Waals surface area contributed by atoms with Crippen LogP contribution in [-0.4, -0.2) is 79.1 Å². The quantitative estimate of drug-likeness (QED) is 0.232. The number of carbonyl (C=O) groups is 1. The Kier molecular flexibility index (Phi) is 10.4. The lowest BCUT2D eigenvalue weighted by Crippen LogP contribution is -2.61. The SMILES string of the molecule is C[C@@H](Cn1ccc(C(=O)N2CCN(c3ncc(C(F)(F)F)cn3)CC2(C)C)c1)Nc1cnn(COCCC(F)(F)F)c(=O)c1C(F)(F)F. The van der Waals surface area contributed by atoms with Crippen molar-refractivity contribution >= 4 is 17.5 Å². The van der Waals surface area contributed by atoms with Crippen LogP contribution in [0.3, 0.4) is 0 Å². The second kappa shape index (κ2) is 13.6. The van der Waals surface area contributed by atoms with Crippen LogP contribution in [0.1, 0.15) is 48.7 Å². The van der Waals surface area contributed by atoms with E-state index in [1.807, 2.05) is 0 Å². The fourth-order valence-corrected chi connectivity index (χ4v) is 5.10. The molecule has 3 aromatic heterocycles. The van der Waals surface area contributed by atoms with Gasteiger partial charge in [0.1, 0.15) is 12.3 Å². The Morgan fingerprint density at radius 2 is 1.69 bits per heavy atom. The first kappa shape index (κ1) is 36.5. The largest absolute Gasteiger partial charge is 0.423 e. The van der Waals surface area contributed by atoms with Crippen LogP contribution < -0.4 is 15.8 Å². The number of rotatable bonds is 10. The number of piperazine rings is 1. The number of halogens is 9. The molecule has 0 aliphatic carbocycles. The minimum absolute atomic E-state index is 0.0522. The Labute approximate surface area is 267 Å². The number of ether oxygens (including phenoxy) is 1. The van der Waals surface area contributed by atoms with Crippen molar-refractivity contribution < 1.29 is 49.0 Å². The van der Waals surface area contributed by atoms with Gasteiger partial charge in [0.25, 0.3) is 11.5 Å². The molecule has 0 bridgehead atoms. The maximum atomic E-state index is 13.9. The molecule has 48 heavy (non-hydrogen) atoms. The summed E-state index contributed by atoms with van der Waals surface area (Å²) in [6, 6.07) is 0.796. The molecule has 0 aromatic carbocycles. The average Bonchev–Trinajstić information content (AvgIpc) is 3.42. The van der Waals surface area contributed by atoms with E-state index in [2.05, 4.69) is 25.1 Å². The van der Waals surface area contributed by atoms with E-state index in [4.69, 9.17) is 0 Å². The van der Waals surface area contributed by atoms with Crippen LogP contribution in [0.4, 0.5) is 51.1 Å². The molecule has 0 unspecified atom stereocenters. The van der Waals surface area contributed by atoms with Gasteiger partial charge in [-0.2, -0.15) is 44.6 Å². The van der Waals surface area contributed by atoms with Crippen molar-refractivity contribution in [1.29, 1.82) is 0 Å². The highest BCUT2D eigenvalue weighted by molar-refractivity contribution is 5.94. The van der Waals surface area contributed by atoms with E-state index in [-0.39, 0.29) is 48.3 Å². The molecule has 0 radical (unpaired) electrons. The van der Waals surface area contributed by atoms with Crippen LogP contribution in [-0.2, 0) is 30.4 Å². The van der Waals surface area contributed by atoms with Gasteiger partial charge in [0.15, 0.2) is 0 Å². The molecular formula is C28H31F9N8O3. The van der Waals surface area contributed by atoms with E-state index in [1.54, 1.807) is 34.4 Å². The molecule has 4 heterocycles. The summed E-state index contributed by atoms with van der Waals surface area (Å²) >= 11 is 0. The van der Waals surface area contributed by atoms with E-state index in [9.17, 15) is 49.1 Å². The van der Waals surface area contributed by atoms with Gasteiger partial charge in [0, 0.05) is 57.0 Å². The number of amides is 1. The normalized spacial score (nSPS) is 16.2. The van der Waals surface area contributed by atoms with Gasteiger partial charge in [0.05, 0.1) is 41.6 Å². The Morgan fingerprint density at radius 1 is 1.02 bits per heavy atom. The van der Waals surface area contributed by atoms with Crippen molar-refractivity contribution in [3.63, 3.8) is 0 Å². The summed E-state index contributed by atoms with van der Waals surface area (Å²) in [6.45, 7) is 4.01. The minimum Gasteiger partial charge on any atom is -0.379 e. The van der Waals surface area contributed by atoms with Gasteiger partial charge in [-0.15, -0.1) is 0 Å². The highest BCUT2D eigenvalue weighted by atomic mass is 19.4. The number of nitrogens with one attached hydrogen (secondary N) is 1. The van der Waals surface area contributed by atoms with E-state index in [0.717, 1.165) is 6.20 Å². The number of carbonyl (C=O) groups excluding carboxylic acids is 1. The third-order valence-electron chi connectivity index (χ3n) is 7.35. The standard InChI is InChI=1S/C28H31F9N8O3/c1-17(41-20-12-40-45(16-48-9-5-26(29,30)31)23(47)21(20)28(35,36)37)13-42-6-4-18(14-42)22(46)44-8-7-43(15-25(44,2)3)24-38-10-19(11-39-24)27(32,33)34/h4,6,10-12,14,17,41H,5,7-9,13,15-16H2,1-3H3/t17-/m0/s1. The maximum Gasteiger partial charge on any atom is 0.423 e. The number of hydrogen-bond acceptors (Lipinski definition) is 8. The number of nitrogens with zero attached hydrogens (tertiary/aromatic N) is 7. The Hall–Kier alpha value is -4.36. The average molecular weight is 699 g/mol. The van der Waals surface area contributed by atoms with Crippen LogP contribution in [0.5, 0.6) is 0 Å². The summed E-state index contributed by atoms with van der Waals surface area (Å²) < 4.78 is 124. The maximum absolute atomic E-state index is 13.9. The molecule has 1 aliphatic heterocycles. The highest BCUT2D eigenvalue weighted by Crippen LogP contribution is 2.33. The monoisotopic (exact) mass is 698 g/mol. The van der Waals surface area contributed by atoms with Crippen molar-refractivity contribution in [2.24, 2.45) is 0 Å². The third kappa shape index (κ3) is 8.95. The van der Waals surface area contributed by atoms with E-state index in [0.29, 0.717) is 12.4 Å². The summed E-state index contributed by atoms with van der Waals surface area (Å²) in [4.78, 5) is 36.9. The predicted molar refractivity (Wildman–Crippen MR) is 152 cm³/mol. The summed E-state index contributed by atoms with van der Waals surface area (Å²) in [6.07, 6.45) is -10.4. The fraction of sp³-hybridized carbons (Fsp3) is 0.536. The van der Waals surface area contributed by atoms with Gasteiger partial charge in [-0.25, -0.2) is 14.6 Å². The van der Waals surface area contributed by atoms with Crippen LogP contribution in [0, 0.1) is 0 Å². The fourth-order valence-electron chi connectivity index (χ4n) is 5.10. The Bertz CT molecular complexity index is 1630. The summed E-state index contributed by atoms with van der Waals surface area (Å²) in [7, 11) is 0. The molecule has 4 rings (SSSR count). The zero-order valence-corrected chi connectivity index (χ0v) is 25.7. The van der Waals surface area contributed by atoms with Gasteiger partial charge >= 0.3 is 18.5 Å². The van der Waals surface area contributed by atoms with E-state index >= 15 is 0 Å². The lowest BCUT2D eigenvalue weighted by molar-refractivity contribution is -0.148. The molecule has 20 heteroatoms. The molecular weight excluding hydrogens is 667 g/mol. The van der Waals surface area contributed by atoms with E-state index in [1.165, 1.54) is 19.2 Å². The molecule has 1 N–H and O–H groups in total. The second-order valence-electron chi connectivity index (χ2n) is 11.7. The molecule has 11 nitrogen and oxygen atoms in total. The zero-order valence-electron chi connectivity index (χ0n) is 25.7. The Balaban J connectivity index is 1.39. The molecule has 1 atom stereocenters. The first-order valence-corrected chi connectivity index (χ1v) is 14.4. The first-order chi connectivity index (χ1) is 22.2. The van der Waals surface area contributed by atoms with Crippen LogP contribution in [0.2, 0.25) is 0 Å². The minimum atomic E-state index is -5.13. The summed E-state index contributed by atoms with van der Waals surface area (Å²) in [5.74, 6) is -0.261. The predicted octanol–water partition coefficient (Wildman–Crippen LogP) is 5.04. The molecule has 1 fully saturated rings. The molecule has 0 spiro atoms. The number of hydrogen-bond donors (Lipinski definition) is 1. The molecule has 1 amide bonds. The molecule has 264 valence electrons. The van der Waals surface area contributed by atoms with Crippen molar-refractivity contribution in [1.82, 2.24) is 29.2 Å². The summed E-state index contributed by atoms with van der Waals surface area (Å²) in [5, 5.41) is 6.19. The van der Waals surface area contributed by atoms with Crippen molar-refractivity contribution in [2.75, 3.05) is 36.5 Å². The lowest BCUT2D eigenvalue weighted by Gasteiger charge is -2.47. The first-order valence-electron chi connectivity index (χ1n) is 14.4. The van der Waals surface area contributed by atoms with E-state index < -0.39 is 72.2 Å². The van der Waals surface area contributed by atoms with Crippen LogP contribution >= 0.6 is 0 Å². The number of alkyl halides is 9. The third-order valence-corrected chi connectivity index (χ3v) is 7.35. The van der Waals surface area contributed by atoms with Crippen LogP contribution in [0.15, 0.2) is 41.8 Å². The zero-order chi connectivity index (χ0) is 35.7. The van der Waals surface area contributed by atoms with Crippen LogP contribution in [0.25, 0.3) is 0 Å². The molecule has 3 aromatic rings. The van der Waals surface area contributed by atoms with Gasteiger partial charge in [-0.05, 0) is 26.8 Å². The molecule has 1 aliphatic rings. The number of anilines is 2. The smallest absolute Gasteiger partial charge is 0.379 e. The van der Waals surface area contributed by atoms with Crippen molar-refractivity contribution in [3.05, 3.63) is 64.1 Å². The Morgan fingerprint density at radius 3 is 2.27 bits per heavy atom. The topological polar surface area (TPSA) is 110 Å². The second-order valence-corrected chi connectivity index (χ2v) is 11.7. The number of aromatic nitrogens is 5. The van der Waals surface area contributed by atoms with Gasteiger partial charge in [-0.3, -0.25) is 9.59 Å². The molecule has 0 saturated carbocycles. The van der Waals surface area contributed by atoms with Gasteiger partial charge in [0.2, 0.25) is 5.95 Å². The summed E-state index contributed by atoms with van der Waals surface area (Å²) in [5.41, 5.74) is -5.34.